The van der Waals surface area contributed by atoms with Crippen molar-refractivity contribution >= 4 is 6.03 Å². The van der Waals surface area contributed by atoms with Crippen LogP contribution in [0.5, 0.6) is 0 Å². The van der Waals surface area contributed by atoms with Crippen molar-refractivity contribution in [2.75, 3.05) is 7.05 Å². The number of nitrogens with zero attached hydrogens (tertiary/aromatic N) is 1. The van der Waals surface area contributed by atoms with Gasteiger partial charge in [-0.25, -0.2) is 9.18 Å². The second-order valence-corrected chi connectivity index (χ2v) is 3.15. The number of carbonyl (C=O) groups is 1. The van der Waals surface area contributed by atoms with Crippen LogP contribution >= 0.6 is 0 Å². The zero-order chi connectivity index (χ0) is 10.6. The molecule has 2 amide bonds. The zero-order valence-corrected chi connectivity index (χ0v) is 8.03. The van der Waals surface area contributed by atoms with Gasteiger partial charge in [0.05, 0.1) is 0 Å². The molecule has 4 heteroatoms. The molecule has 2 N–H and O–H groups in total. The number of urea groups is 1. The molecule has 3 nitrogen and oxygen atoms in total. The Morgan fingerprint density at radius 3 is 2.71 bits per heavy atom. The van der Waals surface area contributed by atoms with Gasteiger partial charge in [-0.05, 0) is 11.1 Å². The maximum absolute atomic E-state index is 12.3. The summed E-state index contributed by atoms with van der Waals surface area (Å²) in [5.74, 6) is 0. The molecule has 0 aliphatic heterocycles. The molecule has 14 heavy (non-hydrogen) atoms. The smallest absolute Gasteiger partial charge is 0.314 e. The highest BCUT2D eigenvalue weighted by Crippen LogP contribution is 2.08. The first-order valence-corrected chi connectivity index (χ1v) is 4.28. The number of alkyl halides is 1. The Morgan fingerprint density at radius 1 is 1.50 bits per heavy atom. The first-order chi connectivity index (χ1) is 6.63. The van der Waals surface area contributed by atoms with Crippen molar-refractivity contribution in [3.8, 4) is 0 Å². The summed E-state index contributed by atoms with van der Waals surface area (Å²) in [7, 11) is 1.60. The minimum Gasteiger partial charge on any atom is -0.351 e. The van der Waals surface area contributed by atoms with Gasteiger partial charge in [-0.1, -0.05) is 24.3 Å². The van der Waals surface area contributed by atoms with E-state index < -0.39 is 12.7 Å². The predicted octanol–water partition coefficient (Wildman–Crippen LogP) is 1.67. The van der Waals surface area contributed by atoms with Gasteiger partial charge in [-0.2, -0.15) is 0 Å². The Labute approximate surface area is 82.3 Å². The van der Waals surface area contributed by atoms with Gasteiger partial charge in [-0.15, -0.1) is 0 Å². The standard InChI is InChI=1S/C10H13FN2O/c1-13(10(12)14)7-9-4-2-3-8(5-9)6-11/h2-5H,6-7H2,1H3,(H2,12,14). The SMILES string of the molecule is CN(Cc1cccc(CF)c1)C(N)=O. The Bertz CT molecular complexity index is 328. The van der Waals surface area contributed by atoms with Crippen molar-refractivity contribution in [3.63, 3.8) is 0 Å². The number of nitrogens with two attached hydrogens (primary N) is 1. The molecule has 0 bridgehead atoms. The molecule has 1 aromatic carbocycles. The van der Waals surface area contributed by atoms with E-state index in [9.17, 15) is 9.18 Å². The lowest BCUT2D eigenvalue weighted by molar-refractivity contribution is 0.216. The third-order valence-corrected chi connectivity index (χ3v) is 1.94. The first kappa shape index (κ1) is 10.5. The van der Waals surface area contributed by atoms with E-state index in [2.05, 4.69) is 0 Å². The molecule has 0 aromatic heterocycles. The fraction of sp³-hybridized carbons (Fsp3) is 0.300. The van der Waals surface area contributed by atoms with Gasteiger partial charge in [-0.3, -0.25) is 0 Å². The summed E-state index contributed by atoms with van der Waals surface area (Å²) < 4.78 is 12.3. The van der Waals surface area contributed by atoms with E-state index in [0.29, 0.717) is 12.1 Å². The number of carbonyl (C=O) groups excluding carboxylic acids is 1. The topological polar surface area (TPSA) is 46.3 Å². The molecule has 0 radical (unpaired) electrons. The summed E-state index contributed by atoms with van der Waals surface area (Å²) in [6.07, 6.45) is 0. The lowest BCUT2D eigenvalue weighted by Crippen LogP contribution is -2.31. The second kappa shape index (κ2) is 4.60. The third-order valence-electron chi connectivity index (χ3n) is 1.94. The number of hydrogen-bond acceptors (Lipinski definition) is 1. The van der Waals surface area contributed by atoms with Crippen molar-refractivity contribution in [3.05, 3.63) is 35.4 Å². The number of halogens is 1. The number of amides is 2. The molecule has 0 atom stereocenters. The summed E-state index contributed by atoms with van der Waals surface area (Å²) in [5.41, 5.74) is 6.56. The van der Waals surface area contributed by atoms with Crippen molar-refractivity contribution in [1.82, 2.24) is 4.90 Å². The van der Waals surface area contributed by atoms with Crippen LogP contribution in [0.2, 0.25) is 0 Å². The van der Waals surface area contributed by atoms with Crippen molar-refractivity contribution in [2.24, 2.45) is 5.73 Å². The lowest BCUT2D eigenvalue weighted by atomic mass is 10.1. The fourth-order valence-electron chi connectivity index (χ4n) is 1.16. The molecule has 0 spiro atoms. The highest BCUT2D eigenvalue weighted by molar-refractivity contribution is 5.71. The minimum atomic E-state index is -0.492. The van der Waals surface area contributed by atoms with Crippen LogP contribution in [-0.2, 0) is 13.2 Å². The average molecular weight is 196 g/mol. The van der Waals surface area contributed by atoms with Gasteiger partial charge in [0.1, 0.15) is 6.67 Å². The normalized spacial score (nSPS) is 9.86. The van der Waals surface area contributed by atoms with Gasteiger partial charge in [0.2, 0.25) is 0 Å². The Morgan fingerprint density at radius 2 is 2.14 bits per heavy atom. The number of primary amides is 1. The molecular weight excluding hydrogens is 183 g/mol. The minimum absolute atomic E-state index is 0.406. The third kappa shape index (κ3) is 2.73. The van der Waals surface area contributed by atoms with Crippen LogP contribution in [0.3, 0.4) is 0 Å². The van der Waals surface area contributed by atoms with Crippen LogP contribution in [0.25, 0.3) is 0 Å². The number of hydrogen-bond donors (Lipinski definition) is 1. The van der Waals surface area contributed by atoms with Gasteiger partial charge in [0, 0.05) is 13.6 Å². The number of rotatable bonds is 3. The second-order valence-electron chi connectivity index (χ2n) is 3.15. The monoisotopic (exact) mass is 196 g/mol. The molecule has 1 rings (SSSR count). The van der Waals surface area contributed by atoms with E-state index in [1.54, 1.807) is 25.2 Å². The quantitative estimate of drug-likeness (QED) is 0.785. The van der Waals surface area contributed by atoms with Crippen LogP contribution in [0, 0.1) is 0 Å². The predicted molar refractivity (Wildman–Crippen MR) is 52.3 cm³/mol. The lowest BCUT2D eigenvalue weighted by Gasteiger charge is -2.14. The van der Waals surface area contributed by atoms with Gasteiger partial charge < -0.3 is 10.6 Å². The maximum Gasteiger partial charge on any atom is 0.314 e. The van der Waals surface area contributed by atoms with Crippen LogP contribution in [0.4, 0.5) is 9.18 Å². The molecule has 0 unspecified atom stereocenters. The summed E-state index contributed by atoms with van der Waals surface area (Å²) in [4.78, 5) is 12.1. The summed E-state index contributed by atoms with van der Waals surface area (Å²) >= 11 is 0. The molecule has 0 fully saturated rings. The van der Waals surface area contributed by atoms with Crippen molar-refractivity contribution in [2.45, 2.75) is 13.2 Å². The first-order valence-electron chi connectivity index (χ1n) is 4.28. The van der Waals surface area contributed by atoms with E-state index in [-0.39, 0.29) is 0 Å². The van der Waals surface area contributed by atoms with E-state index in [0.717, 1.165) is 5.56 Å². The molecule has 0 heterocycles. The van der Waals surface area contributed by atoms with E-state index in [1.165, 1.54) is 4.90 Å². The molecule has 0 aliphatic carbocycles. The van der Waals surface area contributed by atoms with Gasteiger partial charge >= 0.3 is 6.03 Å². The fourth-order valence-corrected chi connectivity index (χ4v) is 1.16. The Kier molecular flexibility index (Phi) is 3.45. The zero-order valence-electron chi connectivity index (χ0n) is 8.03. The molecular formula is C10H13FN2O. The van der Waals surface area contributed by atoms with Crippen molar-refractivity contribution < 1.29 is 9.18 Å². The number of benzene rings is 1. The largest absolute Gasteiger partial charge is 0.351 e. The molecule has 1 aromatic rings. The van der Waals surface area contributed by atoms with Crippen molar-refractivity contribution in [1.29, 1.82) is 0 Å². The highest BCUT2D eigenvalue weighted by atomic mass is 19.1. The van der Waals surface area contributed by atoms with Crippen LogP contribution in [-0.4, -0.2) is 18.0 Å². The summed E-state index contributed by atoms with van der Waals surface area (Å²) in [6, 6.07) is 6.53. The average Bonchev–Trinajstić information content (AvgIpc) is 2.18. The van der Waals surface area contributed by atoms with E-state index in [4.69, 9.17) is 5.73 Å². The Balaban J connectivity index is 2.71. The summed E-state index contributed by atoms with van der Waals surface area (Å²) in [6.45, 7) is -0.0860. The molecule has 0 saturated heterocycles. The van der Waals surface area contributed by atoms with Gasteiger partial charge in [0.15, 0.2) is 0 Å². The molecule has 76 valence electrons. The Hall–Kier alpha value is -1.58. The van der Waals surface area contributed by atoms with Crippen LogP contribution < -0.4 is 5.73 Å². The highest BCUT2D eigenvalue weighted by Gasteiger charge is 2.04. The van der Waals surface area contributed by atoms with E-state index >= 15 is 0 Å². The maximum atomic E-state index is 12.3. The molecule has 0 aliphatic rings. The van der Waals surface area contributed by atoms with Gasteiger partial charge in [0.25, 0.3) is 0 Å². The summed E-state index contributed by atoms with van der Waals surface area (Å²) in [5, 5.41) is 0. The van der Waals surface area contributed by atoms with Crippen LogP contribution in [0.1, 0.15) is 11.1 Å². The molecule has 0 saturated carbocycles. The van der Waals surface area contributed by atoms with Crippen LogP contribution in [0.15, 0.2) is 24.3 Å². The van der Waals surface area contributed by atoms with E-state index in [1.807, 2.05) is 6.07 Å².